The third kappa shape index (κ3) is 4.23. The number of benzene rings is 2. The predicted octanol–water partition coefficient (Wildman–Crippen LogP) is 5.96. The first-order valence-corrected chi connectivity index (χ1v) is 15.5. The van der Waals surface area contributed by atoms with Crippen LogP contribution in [0.3, 0.4) is 0 Å². The molecule has 10 nitrogen and oxygen atoms in total. The van der Waals surface area contributed by atoms with Gasteiger partial charge in [0.15, 0.2) is 0 Å². The second-order valence-electron chi connectivity index (χ2n) is 9.54. The largest absolute Gasteiger partial charge is 0.472 e. The average molecular weight is 602 g/mol. The maximum absolute atomic E-state index is 5.69. The van der Waals surface area contributed by atoms with Crippen molar-refractivity contribution in [3.8, 4) is 44.0 Å². The molecule has 1 fully saturated rings. The van der Waals surface area contributed by atoms with Crippen LogP contribution in [-0.4, -0.2) is 69.7 Å². The molecule has 0 saturated carbocycles. The summed E-state index contributed by atoms with van der Waals surface area (Å²) in [5, 5.41) is 13.5. The number of methoxy groups -OCH3 is 2. The van der Waals surface area contributed by atoms with Crippen LogP contribution in [0.1, 0.15) is 0 Å². The van der Waals surface area contributed by atoms with Gasteiger partial charge in [0.1, 0.15) is 0 Å². The molecule has 8 rings (SSSR count). The number of hydrogen-bond donors (Lipinski definition) is 0. The van der Waals surface area contributed by atoms with Crippen LogP contribution in [0.15, 0.2) is 54.2 Å². The zero-order valence-corrected chi connectivity index (χ0v) is 24.6. The van der Waals surface area contributed by atoms with Crippen LogP contribution < -0.4 is 14.4 Å². The first-order chi connectivity index (χ1) is 20.2. The van der Waals surface area contributed by atoms with E-state index in [1.807, 2.05) is 12.4 Å². The zero-order chi connectivity index (χ0) is 27.5. The van der Waals surface area contributed by atoms with Crippen molar-refractivity contribution >= 4 is 59.7 Å². The lowest BCUT2D eigenvalue weighted by atomic mass is 9.93. The molecule has 41 heavy (non-hydrogen) atoms. The summed E-state index contributed by atoms with van der Waals surface area (Å²) in [5.74, 6) is 0. The van der Waals surface area contributed by atoms with E-state index >= 15 is 0 Å². The molecular formula is C28H23N7O3S3. The molecule has 2 aromatic carbocycles. The number of ether oxygens (including phenoxy) is 3. The van der Waals surface area contributed by atoms with Gasteiger partial charge in [0.05, 0.1) is 51.2 Å². The summed E-state index contributed by atoms with van der Waals surface area (Å²) in [6.45, 7) is 3.06. The van der Waals surface area contributed by atoms with E-state index in [4.69, 9.17) is 24.2 Å². The van der Waals surface area contributed by atoms with Crippen molar-refractivity contribution in [3.05, 3.63) is 54.2 Å². The normalized spacial score (nSPS) is 14.0. The van der Waals surface area contributed by atoms with Gasteiger partial charge < -0.3 is 19.1 Å². The third-order valence-corrected chi connectivity index (χ3v) is 9.85. The topological polar surface area (TPSA) is 91.3 Å². The van der Waals surface area contributed by atoms with Crippen molar-refractivity contribution in [1.82, 2.24) is 29.2 Å². The number of fused-ring (bicyclic) bond motifs is 3. The minimum Gasteiger partial charge on any atom is -0.472 e. The standard InChI is InChI=1S/C28H23N7O3S3/c1-36-27-31-34-14-21(29-25(34)40-27)16-3-4-23(33-6-8-38-9-7-33)20(11-16)18-13-24-17(5-10-39-24)12-19(18)22-15-35-26(30-22)41-28(32-35)37-2/h3-5,10-15H,6-9H2,1-2H3. The number of morpholine rings is 1. The Balaban J connectivity index is 1.33. The fourth-order valence-electron chi connectivity index (χ4n) is 5.23. The van der Waals surface area contributed by atoms with Gasteiger partial charge in [0.2, 0.25) is 9.92 Å². The van der Waals surface area contributed by atoms with Gasteiger partial charge in [0.25, 0.3) is 10.4 Å². The van der Waals surface area contributed by atoms with E-state index in [1.54, 1.807) is 34.6 Å². The molecule has 7 aromatic rings. The van der Waals surface area contributed by atoms with Crippen molar-refractivity contribution < 1.29 is 14.2 Å². The Morgan fingerprint density at radius 3 is 2.20 bits per heavy atom. The number of anilines is 1. The number of hydrogen-bond acceptors (Lipinski definition) is 11. The fourth-order valence-corrected chi connectivity index (χ4v) is 7.44. The lowest BCUT2D eigenvalue weighted by Crippen LogP contribution is -2.36. The Kier molecular flexibility index (Phi) is 5.91. The SMILES string of the molecule is COc1nn2cc(-c3ccc(N4CCOCC4)c(-c4cc5sccc5cc4-c4cn5nc(OC)sc5n4)c3)nc2s1. The Morgan fingerprint density at radius 1 is 0.780 bits per heavy atom. The quantitative estimate of drug-likeness (QED) is 0.231. The van der Waals surface area contributed by atoms with Crippen LogP contribution in [0.5, 0.6) is 10.4 Å². The lowest BCUT2D eigenvalue weighted by molar-refractivity contribution is 0.123. The smallest absolute Gasteiger partial charge is 0.294 e. The molecule has 206 valence electrons. The molecule has 0 bridgehead atoms. The molecule has 0 unspecified atom stereocenters. The summed E-state index contributed by atoms with van der Waals surface area (Å²) < 4.78 is 21.1. The van der Waals surface area contributed by atoms with Gasteiger partial charge in [-0.3, -0.25) is 0 Å². The van der Waals surface area contributed by atoms with Crippen LogP contribution in [0.2, 0.25) is 0 Å². The van der Waals surface area contributed by atoms with Crippen LogP contribution in [0, 0.1) is 0 Å². The van der Waals surface area contributed by atoms with E-state index in [-0.39, 0.29) is 0 Å². The van der Waals surface area contributed by atoms with Gasteiger partial charge in [-0.1, -0.05) is 6.07 Å². The number of rotatable bonds is 6. The highest BCUT2D eigenvalue weighted by atomic mass is 32.1. The van der Waals surface area contributed by atoms with Gasteiger partial charge in [-0.05, 0) is 69.3 Å². The summed E-state index contributed by atoms with van der Waals surface area (Å²) >= 11 is 4.59. The second kappa shape index (κ2) is 9.80. The highest BCUT2D eigenvalue weighted by molar-refractivity contribution is 7.18. The highest BCUT2D eigenvalue weighted by Gasteiger charge is 2.22. The molecule has 0 N–H and O–H groups in total. The highest BCUT2D eigenvalue weighted by Crippen LogP contribution is 2.43. The van der Waals surface area contributed by atoms with E-state index < -0.39 is 0 Å². The summed E-state index contributed by atoms with van der Waals surface area (Å²) in [5.41, 5.74) is 7.20. The minimum atomic E-state index is 0.585. The van der Waals surface area contributed by atoms with Crippen molar-refractivity contribution in [1.29, 1.82) is 0 Å². The van der Waals surface area contributed by atoms with E-state index in [0.29, 0.717) is 23.6 Å². The Labute approximate surface area is 246 Å². The number of nitrogens with zero attached hydrogens (tertiary/aromatic N) is 7. The molecule has 5 aromatic heterocycles. The number of aromatic nitrogens is 6. The molecule has 1 aliphatic heterocycles. The van der Waals surface area contributed by atoms with Crippen LogP contribution >= 0.6 is 34.0 Å². The maximum Gasteiger partial charge on any atom is 0.294 e. The van der Waals surface area contributed by atoms with Gasteiger partial charge in [0, 0.05) is 40.2 Å². The van der Waals surface area contributed by atoms with Crippen molar-refractivity contribution in [3.63, 3.8) is 0 Å². The third-order valence-electron chi connectivity index (χ3n) is 7.20. The molecule has 0 spiro atoms. The van der Waals surface area contributed by atoms with Crippen LogP contribution in [0.25, 0.3) is 53.6 Å². The molecule has 1 aliphatic rings. The Bertz CT molecular complexity index is 1980. The zero-order valence-electron chi connectivity index (χ0n) is 22.1. The van der Waals surface area contributed by atoms with E-state index in [9.17, 15) is 0 Å². The van der Waals surface area contributed by atoms with E-state index in [2.05, 4.69) is 56.9 Å². The lowest BCUT2D eigenvalue weighted by Gasteiger charge is -2.31. The molecule has 6 heterocycles. The Morgan fingerprint density at radius 2 is 1.49 bits per heavy atom. The average Bonchev–Trinajstić information content (AvgIpc) is 3.82. The molecule has 13 heteroatoms. The second-order valence-corrected chi connectivity index (χ2v) is 12.3. The number of thiophene rings is 1. The molecule has 0 radical (unpaired) electrons. The first kappa shape index (κ1) is 24.7. The van der Waals surface area contributed by atoms with Gasteiger partial charge >= 0.3 is 0 Å². The van der Waals surface area contributed by atoms with Crippen molar-refractivity contribution in [2.24, 2.45) is 0 Å². The minimum absolute atomic E-state index is 0.585. The van der Waals surface area contributed by atoms with Crippen molar-refractivity contribution in [2.75, 3.05) is 45.4 Å². The van der Waals surface area contributed by atoms with Crippen LogP contribution in [0.4, 0.5) is 5.69 Å². The molecular weight excluding hydrogens is 579 g/mol. The molecule has 0 aliphatic carbocycles. The summed E-state index contributed by atoms with van der Waals surface area (Å²) in [6.07, 6.45) is 3.93. The van der Waals surface area contributed by atoms with Gasteiger partial charge in [-0.15, -0.1) is 21.5 Å². The summed E-state index contributed by atoms with van der Waals surface area (Å²) in [7, 11) is 3.24. The van der Waals surface area contributed by atoms with E-state index in [1.165, 1.54) is 32.8 Å². The summed E-state index contributed by atoms with van der Waals surface area (Å²) in [4.78, 5) is 13.8. The predicted molar refractivity (Wildman–Crippen MR) is 163 cm³/mol. The number of imidazole rings is 2. The maximum atomic E-state index is 5.69. The van der Waals surface area contributed by atoms with E-state index in [0.717, 1.165) is 62.3 Å². The monoisotopic (exact) mass is 601 g/mol. The van der Waals surface area contributed by atoms with Gasteiger partial charge in [-0.2, -0.15) is 0 Å². The molecule has 0 amide bonds. The molecule has 0 atom stereocenters. The fraction of sp³-hybridized carbons (Fsp3) is 0.214. The van der Waals surface area contributed by atoms with Crippen LogP contribution in [-0.2, 0) is 4.74 Å². The van der Waals surface area contributed by atoms with Gasteiger partial charge in [-0.25, -0.2) is 19.0 Å². The summed E-state index contributed by atoms with van der Waals surface area (Å²) in [6, 6.07) is 13.3. The molecule has 1 saturated heterocycles. The van der Waals surface area contributed by atoms with Crippen molar-refractivity contribution in [2.45, 2.75) is 0 Å². The first-order valence-electron chi connectivity index (χ1n) is 13.0. The Hall–Kier alpha value is -4.04.